The molecule has 1 aromatic heterocycles. The molecule has 0 aliphatic carbocycles. The Bertz CT molecular complexity index is 615. The molecule has 2 atom stereocenters. The third-order valence-electron chi connectivity index (χ3n) is 4.11. The van der Waals surface area contributed by atoms with Gasteiger partial charge in [-0.2, -0.15) is 0 Å². The number of halogens is 1. The lowest BCUT2D eigenvalue weighted by atomic mass is 10.1. The minimum atomic E-state index is -0.627. The largest absolute Gasteiger partial charge is 0.376 e. The van der Waals surface area contributed by atoms with Crippen molar-refractivity contribution >= 4 is 29.7 Å². The number of carbonyl (C=O) groups excluding carboxylic acids is 1. The summed E-state index contributed by atoms with van der Waals surface area (Å²) in [7, 11) is 0. The second-order valence-corrected chi connectivity index (χ2v) is 6.85. The van der Waals surface area contributed by atoms with E-state index < -0.39 is 6.04 Å². The summed E-state index contributed by atoms with van der Waals surface area (Å²) < 4.78 is 5.71. The van der Waals surface area contributed by atoms with Crippen molar-refractivity contribution in [1.29, 1.82) is 0 Å². The van der Waals surface area contributed by atoms with E-state index in [0.717, 1.165) is 29.9 Å². The van der Waals surface area contributed by atoms with Crippen LogP contribution in [0.1, 0.15) is 29.3 Å². The molecule has 2 heterocycles. The first kappa shape index (κ1) is 18.9. The van der Waals surface area contributed by atoms with Crippen LogP contribution in [0.15, 0.2) is 47.8 Å². The fourth-order valence-electron chi connectivity index (χ4n) is 2.86. The van der Waals surface area contributed by atoms with Crippen molar-refractivity contribution in [2.24, 2.45) is 5.73 Å². The first-order valence-corrected chi connectivity index (χ1v) is 8.85. The number of nitrogens with zero attached hydrogens (tertiary/aromatic N) is 1. The summed E-state index contributed by atoms with van der Waals surface area (Å²) in [5.74, 6) is -0.0416. The molecule has 0 saturated carbocycles. The molecule has 2 unspecified atom stereocenters. The van der Waals surface area contributed by atoms with Crippen LogP contribution in [0.2, 0.25) is 0 Å². The fraction of sp³-hybridized carbons (Fsp3) is 0.389. The van der Waals surface area contributed by atoms with Crippen molar-refractivity contribution in [2.45, 2.75) is 31.5 Å². The Hall–Kier alpha value is -1.40. The van der Waals surface area contributed by atoms with E-state index in [9.17, 15) is 4.79 Å². The van der Waals surface area contributed by atoms with Crippen molar-refractivity contribution in [1.82, 2.24) is 4.90 Å². The van der Waals surface area contributed by atoms with Gasteiger partial charge in [0.05, 0.1) is 12.6 Å². The summed E-state index contributed by atoms with van der Waals surface area (Å²) in [5, 5.41) is 2.03. The van der Waals surface area contributed by atoms with Crippen LogP contribution in [0.25, 0.3) is 0 Å². The molecule has 3 rings (SSSR count). The maximum Gasteiger partial charge on any atom is 0.244 e. The van der Waals surface area contributed by atoms with Gasteiger partial charge in [0, 0.05) is 18.0 Å². The molecule has 2 aromatic rings. The van der Waals surface area contributed by atoms with E-state index in [2.05, 4.69) is 6.07 Å². The van der Waals surface area contributed by atoms with Gasteiger partial charge in [0.25, 0.3) is 0 Å². The lowest BCUT2D eigenvalue weighted by Gasteiger charge is -2.27. The topological polar surface area (TPSA) is 55.6 Å². The first-order chi connectivity index (χ1) is 11.2. The zero-order chi connectivity index (χ0) is 16.1. The van der Waals surface area contributed by atoms with E-state index in [-0.39, 0.29) is 24.4 Å². The molecule has 0 bridgehead atoms. The molecular formula is C18H23ClN2O2S. The Balaban J connectivity index is 0.00000208. The van der Waals surface area contributed by atoms with Crippen molar-refractivity contribution in [2.75, 3.05) is 13.2 Å². The van der Waals surface area contributed by atoms with E-state index in [1.54, 1.807) is 11.3 Å². The highest BCUT2D eigenvalue weighted by atomic mass is 35.5. The molecule has 1 saturated heterocycles. The third-order valence-corrected chi connectivity index (χ3v) is 4.97. The molecule has 0 radical (unpaired) electrons. The Morgan fingerprint density at radius 1 is 1.29 bits per heavy atom. The SMILES string of the molecule is Cl.NC(C(=O)N(Cc1cccs1)CC1CCCO1)c1ccccc1. The van der Waals surface area contributed by atoms with Crippen LogP contribution in [-0.4, -0.2) is 30.1 Å². The van der Waals surface area contributed by atoms with Crippen LogP contribution < -0.4 is 5.73 Å². The number of rotatable bonds is 6. The van der Waals surface area contributed by atoms with Gasteiger partial charge in [0.2, 0.25) is 5.91 Å². The summed E-state index contributed by atoms with van der Waals surface area (Å²) in [6.45, 7) is 1.99. The number of benzene rings is 1. The third kappa shape index (κ3) is 4.80. The van der Waals surface area contributed by atoms with Crippen LogP contribution in [0, 0.1) is 0 Å². The quantitative estimate of drug-likeness (QED) is 0.852. The molecule has 1 aliphatic heterocycles. The lowest BCUT2D eigenvalue weighted by molar-refractivity contribution is -0.135. The fourth-order valence-corrected chi connectivity index (χ4v) is 3.58. The molecule has 1 fully saturated rings. The van der Waals surface area contributed by atoms with E-state index in [1.807, 2.05) is 46.7 Å². The molecule has 0 spiro atoms. The van der Waals surface area contributed by atoms with E-state index in [0.29, 0.717) is 13.1 Å². The smallest absolute Gasteiger partial charge is 0.244 e. The van der Waals surface area contributed by atoms with Crippen molar-refractivity contribution in [3.8, 4) is 0 Å². The second kappa shape index (κ2) is 9.18. The summed E-state index contributed by atoms with van der Waals surface area (Å²) >= 11 is 1.66. The van der Waals surface area contributed by atoms with Gasteiger partial charge in [-0.3, -0.25) is 4.79 Å². The van der Waals surface area contributed by atoms with Crippen molar-refractivity contribution in [3.63, 3.8) is 0 Å². The molecular weight excluding hydrogens is 344 g/mol. The van der Waals surface area contributed by atoms with Crippen LogP contribution >= 0.6 is 23.7 Å². The van der Waals surface area contributed by atoms with Gasteiger partial charge < -0.3 is 15.4 Å². The van der Waals surface area contributed by atoms with Crippen LogP contribution in [0.3, 0.4) is 0 Å². The van der Waals surface area contributed by atoms with E-state index >= 15 is 0 Å². The van der Waals surface area contributed by atoms with E-state index in [4.69, 9.17) is 10.5 Å². The molecule has 1 aromatic carbocycles. The first-order valence-electron chi connectivity index (χ1n) is 7.97. The number of amides is 1. The monoisotopic (exact) mass is 366 g/mol. The minimum absolute atomic E-state index is 0. The number of ether oxygens (including phenoxy) is 1. The lowest BCUT2D eigenvalue weighted by Crippen LogP contribution is -2.42. The number of hydrogen-bond donors (Lipinski definition) is 1. The normalized spacial score (nSPS) is 18.0. The molecule has 130 valence electrons. The minimum Gasteiger partial charge on any atom is -0.376 e. The van der Waals surface area contributed by atoms with E-state index in [1.165, 1.54) is 0 Å². The molecule has 2 N–H and O–H groups in total. The Kier molecular flexibility index (Phi) is 7.24. The molecule has 4 nitrogen and oxygen atoms in total. The van der Waals surface area contributed by atoms with Gasteiger partial charge in [-0.05, 0) is 29.9 Å². The number of thiophene rings is 1. The summed E-state index contributed by atoms with van der Waals surface area (Å²) in [6.07, 6.45) is 2.20. The van der Waals surface area contributed by atoms with Gasteiger partial charge in [-0.15, -0.1) is 23.7 Å². The summed E-state index contributed by atoms with van der Waals surface area (Å²) in [4.78, 5) is 15.9. The van der Waals surface area contributed by atoms with Gasteiger partial charge in [0.15, 0.2) is 0 Å². The highest BCUT2D eigenvalue weighted by molar-refractivity contribution is 7.09. The average molecular weight is 367 g/mol. The molecule has 1 amide bonds. The van der Waals surface area contributed by atoms with Crippen LogP contribution in [0.4, 0.5) is 0 Å². The molecule has 24 heavy (non-hydrogen) atoms. The maximum atomic E-state index is 12.9. The summed E-state index contributed by atoms with van der Waals surface area (Å²) in [5.41, 5.74) is 7.06. The standard InChI is InChI=1S/C18H22N2O2S.ClH/c19-17(14-6-2-1-3-7-14)18(21)20(12-15-8-4-10-22-15)13-16-9-5-11-23-16;/h1-3,5-7,9,11,15,17H,4,8,10,12-13,19H2;1H. The van der Waals surface area contributed by atoms with Crippen LogP contribution in [-0.2, 0) is 16.1 Å². The van der Waals surface area contributed by atoms with Crippen molar-refractivity contribution < 1.29 is 9.53 Å². The Morgan fingerprint density at radius 2 is 2.08 bits per heavy atom. The molecule has 6 heteroatoms. The number of carbonyl (C=O) groups is 1. The van der Waals surface area contributed by atoms with Crippen LogP contribution in [0.5, 0.6) is 0 Å². The molecule has 1 aliphatic rings. The second-order valence-electron chi connectivity index (χ2n) is 5.82. The highest BCUT2D eigenvalue weighted by Crippen LogP contribution is 2.20. The Labute approximate surface area is 153 Å². The zero-order valence-electron chi connectivity index (χ0n) is 13.5. The Morgan fingerprint density at radius 3 is 2.71 bits per heavy atom. The highest BCUT2D eigenvalue weighted by Gasteiger charge is 2.27. The maximum absolute atomic E-state index is 12.9. The number of hydrogen-bond acceptors (Lipinski definition) is 4. The zero-order valence-corrected chi connectivity index (χ0v) is 15.1. The van der Waals surface area contributed by atoms with Gasteiger partial charge >= 0.3 is 0 Å². The van der Waals surface area contributed by atoms with Crippen molar-refractivity contribution in [3.05, 3.63) is 58.3 Å². The predicted octanol–water partition coefficient (Wildman–Crippen LogP) is 3.38. The summed E-state index contributed by atoms with van der Waals surface area (Å²) in [6, 6.07) is 13.0. The number of nitrogens with two attached hydrogens (primary N) is 1. The average Bonchev–Trinajstić information content (AvgIpc) is 3.27. The van der Waals surface area contributed by atoms with Gasteiger partial charge in [0.1, 0.15) is 6.04 Å². The van der Waals surface area contributed by atoms with Gasteiger partial charge in [-0.25, -0.2) is 0 Å². The van der Waals surface area contributed by atoms with Gasteiger partial charge in [-0.1, -0.05) is 36.4 Å². The predicted molar refractivity (Wildman–Crippen MR) is 99.3 cm³/mol.